The molecule has 1 aliphatic heterocycles. The van der Waals surface area contributed by atoms with Crippen LogP contribution in [0, 0.1) is 0 Å². The summed E-state index contributed by atoms with van der Waals surface area (Å²) < 4.78 is 15.3. The number of imide groups is 1. The van der Waals surface area contributed by atoms with Crippen molar-refractivity contribution in [2.75, 3.05) is 32.7 Å². The van der Waals surface area contributed by atoms with Crippen LogP contribution in [0.3, 0.4) is 0 Å². The number of amides is 3. The summed E-state index contributed by atoms with van der Waals surface area (Å²) in [6.45, 7) is 1.54. The molecule has 0 aliphatic carbocycles. The normalized spacial score (nSPS) is 14.2. The predicted octanol–water partition coefficient (Wildman–Crippen LogP) is 4.30. The first-order valence-electron chi connectivity index (χ1n) is 10.6. The molecule has 190 valence electrons. The van der Waals surface area contributed by atoms with Gasteiger partial charge in [0.15, 0.2) is 11.5 Å². The summed E-state index contributed by atoms with van der Waals surface area (Å²) in [6, 6.07) is 7.22. The number of ether oxygens (including phenoxy) is 3. The maximum absolute atomic E-state index is 12.8. The van der Waals surface area contributed by atoms with Gasteiger partial charge >= 0.3 is 5.97 Å². The van der Waals surface area contributed by atoms with Crippen molar-refractivity contribution in [2.45, 2.75) is 13.3 Å². The van der Waals surface area contributed by atoms with Crippen molar-refractivity contribution in [3.05, 3.63) is 51.4 Å². The molecule has 0 radical (unpaired) electrons. The Morgan fingerprint density at radius 1 is 1.14 bits per heavy atom. The predicted molar refractivity (Wildman–Crippen MR) is 135 cm³/mol. The van der Waals surface area contributed by atoms with Crippen LogP contribution < -0.4 is 14.8 Å². The number of benzene rings is 2. The van der Waals surface area contributed by atoms with Crippen LogP contribution in [0.4, 0.5) is 10.5 Å². The van der Waals surface area contributed by atoms with Crippen molar-refractivity contribution in [3.8, 4) is 17.2 Å². The zero-order chi connectivity index (χ0) is 26.4. The first-order chi connectivity index (χ1) is 17.2. The van der Waals surface area contributed by atoms with Crippen LogP contribution in [0.5, 0.6) is 17.2 Å². The van der Waals surface area contributed by atoms with E-state index in [-0.39, 0.29) is 45.0 Å². The second kappa shape index (κ2) is 11.8. The molecule has 0 aromatic heterocycles. The monoisotopic (exact) mass is 534 g/mol. The molecule has 0 bridgehead atoms. The highest BCUT2D eigenvalue weighted by molar-refractivity contribution is 8.18. The lowest BCUT2D eigenvalue weighted by atomic mass is 10.1. The minimum Gasteiger partial charge on any atom is -0.502 e. The van der Waals surface area contributed by atoms with Gasteiger partial charge in [0, 0.05) is 5.69 Å². The lowest BCUT2D eigenvalue weighted by Crippen LogP contribution is -2.36. The summed E-state index contributed by atoms with van der Waals surface area (Å²) in [5.41, 5.74) is 0.774. The number of phenolic OH excluding ortho intramolecular Hbond substituents is 1. The van der Waals surface area contributed by atoms with E-state index in [9.17, 15) is 24.3 Å². The Balaban J connectivity index is 1.73. The summed E-state index contributed by atoms with van der Waals surface area (Å²) in [5, 5.41) is 12.1. The van der Waals surface area contributed by atoms with Gasteiger partial charge in [-0.25, -0.2) is 4.79 Å². The maximum atomic E-state index is 12.8. The van der Waals surface area contributed by atoms with Crippen molar-refractivity contribution in [1.82, 2.24) is 4.90 Å². The Bertz CT molecular complexity index is 1220. The Kier molecular flexibility index (Phi) is 8.83. The molecule has 1 fully saturated rings. The molecule has 10 nitrogen and oxygen atoms in total. The number of hydrogen-bond donors (Lipinski definition) is 2. The highest BCUT2D eigenvalue weighted by Gasteiger charge is 2.36. The number of nitrogens with one attached hydrogen (secondary N) is 1. The van der Waals surface area contributed by atoms with Gasteiger partial charge in [-0.3, -0.25) is 19.3 Å². The lowest BCUT2D eigenvalue weighted by molar-refractivity contribution is -0.127. The average molecular weight is 535 g/mol. The molecule has 2 aromatic carbocycles. The van der Waals surface area contributed by atoms with E-state index >= 15 is 0 Å². The number of hydrogen-bond acceptors (Lipinski definition) is 9. The van der Waals surface area contributed by atoms with Crippen LogP contribution in [0.15, 0.2) is 35.2 Å². The zero-order valence-electron chi connectivity index (χ0n) is 19.6. The van der Waals surface area contributed by atoms with Crippen molar-refractivity contribution in [2.24, 2.45) is 0 Å². The second-order valence-corrected chi connectivity index (χ2v) is 8.82. The number of phenols is 1. The molecule has 0 unspecified atom stereocenters. The molecular formula is C24H23ClN2O8S. The van der Waals surface area contributed by atoms with Gasteiger partial charge in [-0.1, -0.05) is 18.5 Å². The molecule has 12 heteroatoms. The van der Waals surface area contributed by atoms with Gasteiger partial charge in [-0.05, 0) is 60.2 Å². The Morgan fingerprint density at radius 3 is 2.42 bits per heavy atom. The summed E-state index contributed by atoms with van der Waals surface area (Å²) in [6.07, 6.45) is 2.07. The van der Waals surface area contributed by atoms with Gasteiger partial charge in [0.1, 0.15) is 6.54 Å². The molecule has 1 heterocycles. The number of carbonyl (C=O) groups is 4. The number of rotatable bonds is 9. The van der Waals surface area contributed by atoms with E-state index in [0.717, 1.165) is 4.90 Å². The first kappa shape index (κ1) is 26.9. The van der Waals surface area contributed by atoms with Crippen LogP contribution in [0.25, 0.3) is 6.08 Å². The number of thioether (sulfide) groups is 1. The smallest absolute Gasteiger partial charge is 0.339 e. The summed E-state index contributed by atoms with van der Waals surface area (Å²) >= 11 is 6.73. The largest absolute Gasteiger partial charge is 0.502 e. The van der Waals surface area contributed by atoms with E-state index in [0.29, 0.717) is 23.7 Å². The molecule has 2 aromatic rings. The van der Waals surface area contributed by atoms with E-state index in [2.05, 4.69) is 5.32 Å². The topological polar surface area (TPSA) is 131 Å². The second-order valence-electron chi connectivity index (χ2n) is 7.42. The van der Waals surface area contributed by atoms with Crippen LogP contribution in [-0.4, -0.2) is 60.4 Å². The molecular weight excluding hydrogens is 512 g/mol. The lowest BCUT2D eigenvalue weighted by Gasteiger charge is -2.13. The van der Waals surface area contributed by atoms with E-state index < -0.39 is 29.6 Å². The highest BCUT2D eigenvalue weighted by atomic mass is 35.5. The molecule has 0 atom stereocenters. The molecule has 3 rings (SSSR count). The van der Waals surface area contributed by atoms with Crippen LogP contribution in [0.1, 0.15) is 29.3 Å². The minimum absolute atomic E-state index is 0.0787. The summed E-state index contributed by atoms with van der Waals surface area (Å²) in [4.78, 5) is 50.9. The average Bonchev–Trinajstić information content (AvgIpc) is 3.11. The van der Waals surface area contributed by atoms with Crippen molar-refractivity contribution in [3.63, 3.8) is 0 Å². The third-order valence-corrected chi connectivity index (χ3v) is 6.12. The van der Waals surface area contributed by atoms with Gasteiger partial charge in [-0.15, -0.1) is 0 Å². The number of esters is 1. The van der Waals surface area contributed by atoms with Gasteiger partial charge < -0.3 is 24.6 Å². The van der Waals surface area contributed by atoms with Crippen LogP contribution in [-0.2, 0) is 14.3 Å². The van der Waals surface area contributed by atoms with E-state index in [4.69, 9.17) is 25.8 Å². The number of anilines is 1. The van der Waals surface area contributed by atoms with Crippen molar-refractivity contribution in [1.29, 1.82) is 0 Å². The van der Waals surface area contributed by atoms with Crippen LogP contribution in [0.2, 0.25) is 5.02 Å². The first-order valence-corrected chi connectivity index (χ1v) is 11.8. The molecule has 2 N–H and O–H groups in total. The summed E-state index contributed by atoms with van der Waals surface area (Å²) in [7, 11) is 2.73. The quantitative estimate of drug-likeness (QED) is 0.357. The molecule has 0 saturated carbocycles. The minimum atomic E-state index is -0.661. The van der Waals surface area contributed by atoms with Gasteiger partial charge in [0.2, 0.25) is 11.7 Å². The Labute approximate surface area is 216 Å². The highest BCUT2D eigenvalue weighted by Crippen LogP contribution is 2.39. The number of nitrogens with zero attached hydrogens (tertiary/aromatic N) is 1. The molecule has 1 saturated heterocycles. The number of halogens is 1. The van der Waals surface area contributed by atoms with Gasteiger partial charge in [-0.2, -0.15) is 0 Å². The van der Waals surface area contributed by atoms with E-state index in [1.165, 1.54) is 50.6 Å². The SMILES string of the molecule is CCCOC(=O)c1cc(NC(=O)CN2C(=O)S/C(=C/c3cc(OC)c(O)c(OC)c3)C2=O)ccc1Cl. The Morgan fingerprint density at radius 2 is 1.81 bits per heavy atom. The maximum Gasteiger partial charge on any atom is 0.339 e. The van der Waals surface area contributed by atoms with Crippen LogP contribution >= 0.6 is 23.4 Å². The fraction of sp³-hybridized carbons (Fsp3) is 0.250. The van der Waals surface area contributed by atoms with Crippen molar-refractivity contribution >= 4 is 58.1 Å². The summed E-state index contributed by atoms with van der Waals surface area (Å²) in [5.74, 6) is -1.89. The molecule has 0 spiro atoms. The third kappa shape index (κ3) is 6.10. The molecule has 36 heavy (non-hydrogen) atoms. The van der Waals surface area contributed by atoms with E-state index in [1.54, 1.807) is 0 Å². The van der Waals surface area contributed by atoms with Gasteiger partial charge in [0.25, 0.3) is 11.1 Å². The fourth-order valence-corrected chi connectivity index (χ4v) is 4.19. The zero-order valence-corrected chi connectivity index (χ0v) is 21.2. The number of carbonyl (C=O) groups excluding carboxylic acids is 4. The molecule has 1 aliphatic rings. The third-order valence-electron chi connectivity index (χ3n) is 4.88. The molecule has 3 amide bonds. The standard InChI is InChI=1S/C24H23ClN2O8S/c1-4-7-35-23(31)15-11-14(5-6-16(15)25)26-20(28)12-27-22(30)19(36-24(27)32)10-13-8-17(33-2)21(29)18(9-13)34-3/h5-6,8-11,29H,4,7,12H2,1-3H3,(H,26,28)/b19-10+. The van der Waals surface area contributed by atoms with E-state index in [1.807, 2.05) is 6.92 Å². The van der Waals surface area contributed by atoms with Crippen molar-refractivity contribution < 1.29 is 38.5 Å². The number of aromatic hydroxyl groups is 1. The fourth-order valence-electron chi connectivity index (χ4n) is 3.16. The Hall–Kier alpha value is -3.70. The van der Waals surface area contributed by atoms with Gasteiger partial charge in [0.05, 0.1) is 36.3 Å². The number of methoxy groups -OCH3 is 2.